The molecule has 0 aromatic carbocycles. The van der Waals surface area contributed by atoms with E-state index in [1.165, 1.54) is 11.3 Å². The van der Waals surface area contributed by atoms with Crippen LogP contribution in [-0.4, -0.2) is 14.3 Å². The van der Waals surface area contributed by atoms with Gasteiger partial charge in [-0.1, -0.05) is 0 Å². The van der Waals surface area contributed by atoms with E-state index in [4.69, 9.17) is 0 Å². The minimum atomic E-state index is -4.49. The Kier molecular flexibility index (Phi) is 3.29. The summed E-state index contributed by atoms with van der Waals surface area (Å²) in [6.07, 6.45) is -4.49. The SMILES string of the molecule is Cc1csc(CNc2nc(C(F)(F)F)ns2)n1. The molecule has 0 aliphatic carbocycles. The van der Waals surface area contributed by atoms with E-state index in [1.54, 1.807) is 0 Å². The topological polar surface area (TPSA) is 50.7 Å². The molecule has 0 spiro atoms. The summed E-state index contributed by atoms with van der Waals surface area (Å²) in [5.74, 6) is -1.11. The van der Waals surface area contributed by atoms with E-state index < -0.39 is 12.0 Å². The van der Waals surface area contributed by atoms with Gasteiger partial charge in [0, 0.05) is 22.6 Å². The number of thiazole rings is 1. The zero-order chi connectivity index (χ0) is 12.5. The van der Waals surface area contributed by atoms with Crippen molar-refractivity contribution in [3.05, 3.63) is 21.9 Å². The molecular formula is C8H7F3N4S2. The fraction of sp³-hybridized carbons (Fsp3) is 0.375. The lowest BCUT2D eigenvalue weighted by molar-refractivity contribution is -0.144. The number of hydrogen-bond donors (Lipinski definition) is 1. The molecule has 2 aromatic rings. The third-order valence-corrected chi connectivity index (χ3v) is 3.38. The van der Waals surface area contributed by atoms with Gasteiger partial charge in [0.25, 0.3) is 0 Å². The van der Waals surface area contributed by atoms with Crippen molar-refractivity contribution in [3.8, 4) is 0 Å². The Labute approximate surface area is 103 Å². The predicted molar refractivity (Wildman–Crippen MR) is 59.1 cm³/mol. The maximum absolute atomic E-state index is 12.2. The predicted octanol–water partition coefficient (Wildman–Crippen LogP) is 2.93. The van der Waals surface area contributed by atoms with Gasteiger partial charge in [0.15, 0.2) is 0 Å². The zero-order valence-electron chi connectivity index (χ0n) is 8.58. The highest BCUT2D eigenvalue weighted by Crippen LogP contribution is 2.29. The molecule has 2 rings (SSSR count). The highest BCUT2D eigenvalue weighted by molar-refractivity contribution is 7.10. The zero-order valence-corrected chi connectivity index (χ0v) is 10.2. The number of nitrogens with one attached hydrogen (secondary N) is 1. The van der Waals surface area contributed by atoms with Crippen LogP contribution in [0.3, 0.4) is 0 Å². The van der Waals surface area contributed by atoms with Crippen molar-refractivity contribution in [3.63, 3.8) is 0 Å². The van der Waals surface area contributed by atoms with Crippen LogP contribution < -0.4 is 5.32 Å². The Morgan fingerprint density at radius 3 is 2.65 bits per heavy atom. The van der Waals surface area contributed by atoms with E-state index >= 15 is 0 Å². The Hall–Kier alpha value is -1.22. The fourth-order valence-corrected chi connectivity index (χ4v) is 2.34. The van der Waals surface area contributed by atoms with Crippen LogP contribution in [0.5, 0.6) is 0 Å². The highest BCUT2D eigenvalue weighted by Gasteiger charge is 2.36. The van der Waals surface area contributed by atoms with Crippen molar-refractivity contribution >= 4 is 28.0 Å². The number of halogens is 3. The monoisotopic (exact) mass is 280 g/mol. The van der Waals surface area contributed by atoms with Crippen molar-refractivity contribution in [2.75, 3.05) is 5.32 Å². The van der Waals surface area contributed by atoms with Gasteiger partial charge in [0.05, 0.1) is 6.54 Å². The second kappa shape index (κ2) is 4.57. The first-order valence-corrected chi connectivity index (χ1v) is 6.16. The third-order valence-electron chi connectivity index (χ3n) is 1.74. The average Bonchev–Trinajstić information content (AvgIpc) is 2.82. The van der Waals surface area contributed by atoms with E-state index in [9.17, 15) is 13.2 Å². The molecule has 0 radical (unpaired) electrons. The molecule has 4 nitrogen and oxygen atoms in total. The molecule has 0 aliphatic heterocycles. The molecular weight excluding hydrogens is 273 g/mol. The summed E-state index contributed by atoms with van der Waals surface area (Å²) in [7, 11) is 0. The van der Waals surface area contributed by atoms with Crippen molar-refractivity contribution in [1.29, 1.82) is 0 Å². The van der Waals surface area contributed by atoms with Gasteiger partial charge in [-0.3, -0.25) is 0 Å². The van der Waals surface area contributed by atoms with Crippen LogP contribution in [0.4, 0.5) is 18.3 Å². The number of anilines is 1. The van der Waals surface area contributed by atoms with Gasteiger partial charge in [-0.2, -0.15) is 22.5 Å². The lowest BCUT2D eigenvalue weighted by Gasteiger charge is -1.99. The standard InChI is InChI=1S/C8H7F3N4S2/c1-4-3-16-5(13-4)2-12-7-14-6(15-17-7)8(9,10)11/h3H,2H2,1H3,(H,12,14,15). The minimum absolute atomic E-state index is 0.144. The van der Waals surface area contributed by atoms with Crippen LogP contribution in [0.15, 0.2) is 5.38 Å². The van der Waals surface area contributed by atoms with Crippen molar-refractivity contribution in [2.24, 2.45) is 0 Å². The van der Waals surface area contributed by atoms with Gasteiger partial charge in [-0.15, -0.1) is 11.3 Å². The quantitative estimate of drug-likeness (QED) is 0.939. The Bertz CT molecular complexity index is 505. The molecule has 0 fully saturated rings. The first kappa shape index (κ1) is 12.2. The van der Waals surface area contributed by atoms with Gasteiger partial charge in [-0.25, -0.2) is 4.98 Å². The van der Waals surface area contributed by atoms with Gasteiger partial charge in [0.1, 0.15) is 5.01 Å². The maximum Gasteiger partial charge on any atom is 0.452 e. The van der Waals surface area contributed by atoms with E-state index in [0.717, 1.165) is 10.7 Å². The lowest BCUT2D eigenvalue weighted by Crippen LogP contribution is -2.07. The summed E-state index contributed by atoms with van der Waals surface area (Å²) < 4.78 is 39.9. The molecule has 17 heavy (non-hydrogen) atoms. The van der Waals surface area contributed by atoms with Crippen molar-refractivity contribution < 1.29 is 13.2 Å². The second-order valence-electron chi connectivity index (χ2n) is 3.16. The van der Waals surface area contributed by atoms with E-state index in [2.05, 4.69) is 19.7 Å². The van der Waals surface area contributed by atoms with Crippen LogP contribution in [0.1, 0.15) is 16.5 Å². The summed E-state index contributed by atoms with van der Waals surface area (Å²) >= 11 is 2.13. The average molecular weight is 280 g/mol. The molecule has 0 unspecified atom stereocenters. The summed E-state index contributed by atoms with van der Waals surface area (Å²) in [6.45, 7) is 2.21. The molecule has 9 heteroatoms. The second-order valence-corrected chi connectivity index (χ2v) is 4.85. The van der Waals surface area contributed by atoms with Crippen molar-refractivity contribution in [1.82, 2.24) is 14.3 Å². The molecule has 0 aliphatic rings. The molecule has 0 amide bonds. The molecule has 2 aromatic heterocycles. The molecule has 0 saturated heterocycles. The van der Waals surface area contributed by atoms with E-state index in [1.807, 2.05) is 12.3 Å². The number of aromatic nitrogens is 3. The van der Waals surface area contributed by atoms with E-state index in [0.29, 0.717) is 18.1 Å². The number of nitrogens with zero attached hydrogens (tertiary/aromatic N) is 3. The summed E-state index contributed by atoms with van der Waals surface area (Å²) in [5, 5.41) is 5.57. The number of rotatable bonds is 3. The van der Waals surface area contributed by atoms with Crippen LogP contribution in [0, 0.1) is 6.92 Å². The number of alkyl halides is 3. The molecule has 0 atom stereocenters. The Morgan fingerprint density at radius 1 is 1.35 bits per heavy atom. The fourth-order valence-electron chi connectivity index (χ4n) is 1.05. The van der Waals surface area contributed by atoms with Gasteiger partial charge in [0.2, 0.25) is 11.0 Å². The van der Waals surface area contributed by atoms with Crippen LogP contribution in [-0.2, 0) is 12.7 Å². The normalized spacial score (nSPS) is 11.8. The van der Waals surface area contributed by atoms with Crippen LogP contribution >= 0.6 is 22.9 Å². The van der Waals surface area contributed by atoms with Crippen LogP contribution in [0.2, 0.25) is 0 Å². The summed E-state index contributed by atoms with van der Waals surface area (Å²) in [5.41, 5.74) is 0.889. The Morgan fingerprint density at radius 2 is 2.12 bits per heavy atom. The smallest absolute Gasteiger partial charge is 0.354 e. The maximum atomic E-state index is 12.2. The minimum Gasteiger partial charge on any atom is -0.354 e. The largest absolute Gasteiger partial charge is 0.452 e. The van der Waals surface area contributed by atoms with Gasteiger partial charge < -0.3 is 5.32 Å². The Balaban J connectivity index is 1.98. The molecule has 92 valence electrons. The molecule has 0 saturated carbocycles. The molecule has 1 N–H and O–H groups in total. The number of aryl methyl sites for hydroxylation is 1. The summed E-state index contributed by atoms with van der Waals surface area (Å²) in [6, 6.07) is 0. The first-order chi connectivity index (χ1) is 7.95. The first-order valence-electron chi connectivity index (χ1n) is 4.51. The molecule has 0 bridgehead atoms. The third kappa shape index (κ3) is 3.13. The number of hydrogen-bond acceptors (Lipinski definition) is 6. The van der Waals surface area contributed by atoms with Gasteiger partial charge in [-0.05, 0) is 6.92 Å². The van der Waals surface area contributed by atoms with Crippen molar-refractivity contribution in [2.45, 2.75) is 19.6 Å². The van der Waals surface area contributed by atoms with Crippen LogP contribution in [0.25, 0.3) is 0 Å². The molecule has 2 heterocycles. The van der Waals surface area contributed by atoms with E-state index in [-0.39, 0.29) is 5.13 Å². The lowest BCUT2D eigenvalue weighted by atomic mass is 10.6. The summed E-state index contributed by atoms with van der Waals surface area (Å²) in [4.78, 5) is 7.52. The van der Waals surface area contributed by atoms with Gasteiger partial charge >= 0.3 is 6.18 Å². The highest BCUT2D eigenvalue weighted by atomic mass is 32.1.